The molecule has 2 bridgehead atoms. The Hall–Kier alpha value is -4.58. The molecule has 4 rings (SSSR count). The minimum atomic E-state index is -0.889. The van der Waals surface area contributed by atoms with Gasteiger partial charge in [0.05, 0.1) is 6.54 Å². The maximum absolute atomic E-state index is 13.7. The van der Waals surface area contributed by atoms with Crippen LogP contribution in [0.5, 0.6) is 0 Å². The lowest BCUT2D eigenvalue weighted by Gasteiger charge is -2.27. The van der Waals surface area contributed by atoms with Crippen molar-refractivity contribution in [1.82, 2.24) is 36.1 Å². The molecule has 12 heteroatoms. The van der Waals surface area contributed by atoms with Gasteiger partial charge in [0.2, 0.25) is 23.6 Å². The summed E-state index contributed by atoms with van der Waals surface area (Å²) in [5.74, 6) is -1.64. The van der Waals surface area contributed by atoms with E-state index in [0.717, 1.165) is 11.1 Å². The van der Waals surface area contributed by atoms with Gasteiger partial charge < -0.3 is 25.7 Å². The first kappa shape index (κ1) is 32.3. The Labute approximate surface area is 257 Å². The Kier molecular flexibility index (Phi) is 11.6. The van der Waals surface area contributed by atoms with E-state index in [2.05, 4.69) is 31.2 Å². The van der Waals surface area contributed by atoms with Crippen molar-refractivity contribution < 1.29 is 23.6 Å². The van der Waals surface area contributed by atoms with Gasteiger partial charge >= 0.3 is 0 Å². The smallest absolute Gasteiger partial charge is 0.273 e. The lowest BCUT2D eigenvalue weighted by molar-refractivity contribution is -0.133. The van der Waals surface area contributed by atoms with Crippen LogP contribution in [0.25, 0.3) is 0 Å². The molecule has 44 heavy (non-hydrogen) atoms. The summed E-state index contributed by atoms with van der Waals surface area (Å²) in [6.45, 7) is 4.65. The maximum Gasteiger partial charge on any atom is 0.273 e. The Morgan fingerprint density at radius 2 is 1.77 bits per heavy atom. The molecule has 1 aromatic carbocycles. The molecular weight excluding hydrogens is 562 g/mol. The van der Waals surface area contributed by atoms with Crippen LogP contribution in [0, 0.1) is 5.92 Å². The molecule has 0 unspecified atom stereocenters. The van der Waals surface area contributed by atoms with Gasteiger partial charge in [0, 0.05) is 31.9 Å². The number of rotatable bonds is 8. The summed E-state index contributed by atoms with van der Waals surface area (Å²) < 4.78 is 5.66. The molecule has 0 radical (unpaired) electrons. The Bertz CT molecular complexity index is 1400. The van der Waals surface area contributed by atoms with E-state index < -0.39 is 35.8 Å². The second-order valence-corrected chi connectivity index (χ2v) is 11.5. The number of oxazole rings is 1. The molecule has 3 aromatic rings. The fourth-order valence-electron chi connectivity index (χ4n) is 5.03. The summed E-state index contributed by atoms with van der Waals surface area (Å²) >= 11 is 0. The zero-order valence-electron chi connectivity index (χ0n) is 25.4. The van der Waals surface area contributed by atoms with E-state index in [-0.39, 0.29) is 30.0 Å². The zero-order valence-corrected chi connectivity index (χ0v) is 25.4. The first-order valence-electron chi connectivity index (χ1n) is 14.9. The molecule has 0 saturated carbocycles. The van der Waals surface area contributed by atoms with E-state index >= 15 is 0 Å². The molecule has 0 saturated heterocycles. The minimum Gasteiger partial charge on any atom is -0.446 e. The first-order chi connectivity index (χ1) is 21.2. The zero-order chi connectivity index (χ0) is 31.5. The van der Waals surface area contributed by atoms with Crippen LogP contribution in [0.1, 0.15) is 66.7 Å². The number of hydrogen-bond acceptors (Lipinski definition) is 8. The van der Waals surface area contributed by atoms with E-state index in [0.29, 0.717) is 38.8 Å². The third-order valence-corrected chi connectivity index (χ3v) is 7.37. The fourth-order valence-corrected chi connectivity index (χ4v) is 5.03. The number of likely N-dealkylation sites (N-methyl/N-ethyl adjacent to an activating group) is 1. The summed E-state index contributed by atoms with van der Waals surface area (Å²) in [6.07, 6.45) is 6.49. The molecule has 3 heterocycles. The summed E-state index contributed by atoms with van der Waals surface area (Å²) in [6, 6.07) is 10.8. The van der Waals surface area contributed by atoms with E-state index in [1.807, 2.05) is 68.3 Å². The van der Waals surface area contributed by atoms with Gasteiger partial charge in [0.25, 0.3) is 5.91 Å². The van der Waals surface area contributed by atoms with Gasteiger partial charge in [-0.15, -0.1) is 0 Å². The molecule has 12 nitrogen and oxygen atoms in total. The van der Waals surface area contributed by atoms with Crippen LogP contribution in [0.4, 0.5) is 0 Å². The molecular formula is C32H41N7O5. The van der Waals surface area contributed by atoms with E-state index in [4.69, 9.17) is 4.42 Å². The summed E-state index contributed by atoms with van der Waals surface area (Å²) in [5, 5.41) is 11.5. The molecule has 0 fully saturated rings. The van der Waals surface area contributed by atoms with Gasteiger partial charge in [-0.1, -0.05) is 44.2 Å². The number of carbonyl (C=O) groups is 4. The molecule has 4 amide bonds. The normalized spacial score (nSPS) is 20.1. The summed E-state index contributed by atoms with van der Waals surface area (Å²) in [4.78, 5) is 63.2. The van der Waals surface area contributed by atoms with E-state index in [1.54, 1.807) is 12.4 Å². The van der Waals surface area contributed by atoms with Crippen molar-refractivity contribution in [3.05, 3.63) is 83.8 Å². The van der Waals surface area contributed by atoms with Crippen LogP contribution >= 0.6 is 0 Å². The lowest BCUT2D eigenvalue weighted by Crippen LogP contribution is -2.56. The number of nitrogens with zero attached hydrogens (tertiary/aromatic N) is 3. The van der Waals surface area contributed by atoms with Gasteiger partial charge in [-0.05, 0) is 55.5 Å². The lowest BCUT2D eigenvalue weighted by atomic mass is 10.00. The standard InChI is InChI=1S/C32H41N7O5/c1-21(2)28-31(43)36-25(17-22-9-5-4-6-10-22)32-37-26(20-44-32)29(41)34-14-8-7-11-24(30(42)38-28)35-27(40)19-39(3)18-23-12-15-33-16-13-23/h4-6,9-10,12-13,15-16,20-21,24-25,28H,7-8,11,14,17-19H2,1-3H3,(H,34,41)(H,35,40)(H,36,43)(H,38,42)/t24-,25+,28-/m0/s1. The minimum absolute atomic E-state index is 0.0780. The van der Waals surface area contributed by atoms with E-state index in [9.17, 15) is 19.2 Å². The molecule has 4 N–H and O–H groups in total. The molecule has 1 aliphatic rings. The maximum atomic E-state index is 13.7. The van der Waals surface area contributed by atoms with Crippen LogP contribution in [-0.4, -0.2) is 70.7 Å². The third-order valence-electron chi connectivity index (χ3n) is 7.37. The molecule has 2 aromatic heterocycles. The average molecular weight is 604 g/mol. The molecule has 1 aliphatic heterocycles. The topological polar surface area (TPSA) is 159 Å². The van der Waals surface area contributed by atoms with Crippen LogP contribution < -0.4 is 21.3 Å². The number of carbonyl (C=O) groups excluding carboxylic acids is 4. The van der Waals surface area contributed by atoms with Gasteiger partial charge in [0.15, 0.2) is 5.69 Å². The number of fused-ring (bicyclic) bond motifs is 2. The van der Waals surface area contributed by atoms with Gasteiger partial charge in [-0.3, -0.25) is 29.1 Å². The van der Waals surface area contributed by atoms with Crippen molar-refractivity contribution in [1.29, 1.82) is 0 Å². The van der Waals surface area contributed by atoms with Crippen molar-refractivity contribution in [3.63, 3.8) is 0 Å². The molecule has 0 aliphatic carbocycles. The highest BCUT2D eigenvalue weighted by atomic mass is 16.3. The fraction of sp³-hybridized carbons (Fsp3) is 0.438. The van der Waals surface area contributed by atoms with Crippen molar-refractivity contribution in [2.24, 2.45) is 5.92 Å². The van der Waals surface area contributed by atoms with Crippen LogP contribution in [0.15, 0.2) is 65.5 Å². The van der Waals surface area contributed by atoms with Crippen LogP contribution in [0.2, 0.25) is 0 Å². The van der Waals surface area contributed by atoms with Gasteiger partial charge in [-0.25, -0.2) is 4.98 Å². The molecule has 234 valence electrons. The Morgan fingerprint density at radius 3 is 2.50 bits per heavy atom. The third kappa shape index (κ3) is 9.46. The monoisotopic (exact) mass is 603 g/mol. The van der Waals surface area contributed by atoms with E-state index in [1.165, 1.54) is 6.26 Å². The van der Waals surface area contributed by atoms with Crippen molar-refractivity contribution in [2.75, 3.05) is 20.1 Å². The highest BCUT2D eigenvalue weighted by Crippen LogP contribution is 2.20. The van der Waals surface area contributed by atoms with Crippen LogP contribution in [-0.2, 0) is 27.3 Å². The number of aromatic nitrogens is 2. The number of nitrogens with one attached hydrogen (secondary N) is 4. The van der Waals surface area contributed by atoms with Gasteiger partial charge in [0.1, 0.15) is 24.4 Å². The summed E-state index contributed by atoms with van der Waals surface area (Å²) in [5.41, 5.74) is 2.06. The second-order valence-electron chi connectivity index (χ2n) is 11.5. The highest BCUT2D eigenvalue weighted by molar-refractivity contribution is 5.93. The van der Waals surface area contributed by atoms with Crippen molar-refractivity contribution in [3.8, 4) is 0 Å². The largest absolute Gasteiger partial charge is 0.446 e. The predicted molar refractivity (Wildman–Crippen MR) is 163 cm³/mol. The second kappa shape index (κ2) is 15.8. The highest BCUT2D eigenvalue weighted by Gasteiger charge is 2.32. The number of amides is 4. The van der Waals surface area contributed by atoms with Crippen molar-refractivity contribution in [2.45, 2.75) is 64.2 Å². The summed E-state index contributed by atoms with van der Waals surface area (Å²) in [7, 11) is 1.82. The Balaban J connectivity index is 1.51. The SMILES string of the molecule is CC(C)[C@@H]1NC(=O)[C@@H](NC(=O)CN(C)Cc2ccncc2)CCCCNC(=O)c2coc(n2)[C@@H](Cc2ccccc2)NC1=O. The number of pyridine rings is 1. The van der Waals surface area contributed by atoms with Crippen LogP contribution in [0.3, 0.4) is 0 Å². The first-order valence-corrected chi connectivity index (χ1v) is 14.9. The number of hydrogen-bond donors (Lipinski definition) is 4. The van der Waals surface area contributed by atoms with Crippen molar-refractivity contribution >= 4 is 23.6 Å². The predicted octanol–water partition coefficient (Wildman–Crippen LogP) is 2.14. The number of benzene rings is 1. The average Bonchev–Trinajstić information content (AvgIpc) is 3.49. The molecule has 3 atom stereocenters. The quantitative estimate of drug-likeness (QED) is 0.305. The van der Waals surface area contributed by atoms with Gasteiger partial charge in [-0.2, -0.15) is 0 Å². The Morgan fingerprint density at radius 1 is 1.02 bits per heavy atom. The molecule has 0 spiro atoms.